The number of nitrogens with one attached hydrogen (secondary N) is 1. The van der Waals surface area contributed by atoms with E-state index in [0.29, 0.717) is 13.1 Å². The standard InChI is InChI=1S/C19H21FN2O2S/c1-12(2)17(21-18(23)14-5-3-4-6-15(14)20)19(24)22-9-7-16-13(11-22)8-10-25-16/h3-6,8,10,12,17H,7,9,11H2,1-2H3,(H,21,23). The summed E-state index contributed by atoms with van der Waals surface area (Å²) in [6.07, 6.45) is 0.838. The Morgan fingerprint density at radius 3 is 2.72 bits per heavy atom. The van der Waals surface area contributed by atoms with Gasteiger partial charge < -0.3 is 10.2 Å². The molecular weight excluding hydrogens is 339 g/mol. The molecule has 0 bridgehead atoms. The van der Waals surface area contributed by atoms with Crippen LogP contribution in [0.1, 0.15) is 34.6 Å². The van der Waals surface area contributed by atoms with Gasteiger partial charge in [0.15, 0.2) is 0 Å². The van der Waals surface area contributed by atoms with Crippen LogP contribution in [0.3, 0.4) is 0 Å². The summed E-state index contributed by atoms with van der Waals surface area (Å²) in [5, 5.41) is 4.76. The number of carbonyl (C=O) groups excluding carboxylic acids is 2. The van der Waals surface area contributed by atoms with Crippen molar-refractivity contribution in [3.05, 3.63) is 57.5 Å². The van der Waals surface area contributed by atoms with E-state index in [9.17, 15) is 14.0 Å². The van der Waals surface area contributed by atoms with E-state index in [1.165, 1.54) is 28.6 Å². The van der Waals surface area contributed by atoms with E-state index in [-0.39, 0.29) is 17.4 Å². The number of amides is 2. The highest BCUT2D eigenvalue weighted by molar-refractivity contribution is 7.10. The Kier molecular flexibility index (Phi) is 5.18. The lowest BCUT2D eigenvalue weighted by Gasteiger charge is -2.32. The van der Waals surface area contributed by atoms with Gasteiger partial charge in [-0.25, -0.2) is 4.39 Å². The lowest BCUT2D eigenvalue weighted by molar-refractivity contribution is -0.135. The van der Waals surface area contributed by atoms with Gasteiger partial charge in [0.1, 0.15) is 11.9 Å². The third-order valence-electron chi connectivity index (χ3n) is 4.46. The van der Waals surface area contributed by atoms with Crippen molar-refractivity contribution in [3.8, 4) is 0 Å². The number of thiophene rings is 1. The zero-order valence-electron chi connectivity index (χ0n) is 14.3. The molecule has 1 aliphatic rings. The second-order valence-electron chi connectivity index (χ2n) is 6.55. The molecule has 0 spiro atoms. The van der Waals surface area contributed by atoms with Crippen LogP contribution >= 0.6 is 11.3 Å². The fourth-order valence-corrected chi connectivity index (χ4v) is 3.90. The molecule has 132 valence electrons. The van der Waals surface area contributed by atoms with Crippen molar-refractivity contribution in [3.63, 3.8) is 0 Å². The molecule has 6 heteroatoms. The van der Waals surface area contributed by atoms with Gasteiger partial charge in [0.05, 0.1) is 5.56 Å². The smallest absolute Gasteiger partial charge is 0.254 e. The van der Waals surface area contributed by atoms with Crippen LogP contribution in [-0.2, 0) is 17.8 Å². The summed E-state index contributed by atoms with van der Waals surface area (Å²) in [5.74, 6) is -1.35. The summed E-state index contributed by atoms with van der Waals surface area (Å²) < 4.78 is 13.8. The molecule has 1 N–H and O–H groups in total. The summed E-state index contributed by atoms with van der Waals surface area (Å²) in [5.41, 5.74) is 1.13. The normalized spacial score (nSPS) is 15.0. The first kappa shape index (κ1) is 17.6. The van der Waals surface area contributed by atoms with Crippen molar-refractivity contribution in [1.29, 1.82) is 0 Å². The van der Waals surface area contributed by atoms with Crippen molar-refractivity contribution < 1.29 is 14.0 Å². The zero-order valence-corrected chi connectivity index (χ0v) is 15.1. The van der Waals surface area contributed by atoms with Crippen molar-refractivity contribution in [2.45, 2.75) is 32.9 Å². The fourth-order valence-electron chi connectivity index (χ4n) is 3.01. The van der Waals surface area contributed by atoms with Crippen LogP contribution in [0.2, 0.25) is 0 Å². The van der Waals surface area contributed by atoms with Gasteiger partial charge in [0.2, 0.25) is 5.91 Å². The summed E-state index contributed by atoms with van der Waals surface area (Å²) in [6.45, 7) is 4.97. The van der Waals surface area contributed by atoms with Crippen LogP contribution in [0.5, 0.6) is 0 Å². The minimum Gasteiger partial charge on any atom is -0.340 e. The molecule has 0 radical (unpaired) electrons. The number of halogens is 1. The average molecular weight is 360 g/mol. The van der Waals surface area contributed by atoms with Gasteiger partial charge >= 0.3 is 0 Å². The van der Waals surface area contributed by atoms with E-state index < -0.39 is 17.8 Å². The molecule has 2 heterocycles. The molecule has 2 amide bonds. The zero-order chi connectivity index (χ0) is 18.0. The van der Waals surface area contributed by atoms with Crippen molar-refractivity contribution in [2.24, 2.45) is 5.92 Å². The topological polar surface area (TPSA) is 49.4 Å². The molecule has 0 saturated carbocycles. The maximum atomic E-state index is 13.8. The summed E-state index contributed by atoms with van der Waals surface area (Å²) in [4.78, 5) is 28.4. The molecule has 1 unspecified atom stereocenters. The lowest BCUT2D eigenvalue weighted by Crippen LogP contribution is -2.52. The highest BCUT2D eigenvalue weighted by Gasteiger charge is 2.31. The van der Waals surface area contributed by atoms with Crippen molar-refractivity contribution in [1.82, 2.24) is 10.2 Å². The number of rotatable bonds is 4. The van der Waals surface area contributed by atoms with Gasteiger partial charge in [-0.05, 0) is 41.5 Å². The molecule has 3 rings (SSSR count). The van der Waals surface area contributed by atoms with E-state index in [0.717, 1.165) is 6.42 Å². The molecule has 1 atom stereocenters. The van der Waals surface area contributed by atoms with Crippen LogP contribution in [0.25, 0.3) is 0 Å². The number of hydrogen-bond acceptors (Lipinski definition) is 3. The quantitative estimate of drug-likeness (QED) is 0.910. The number of carbonyl (C=O) groups is 2. The maximum absolute atomic E-state index is 13.8. The Bertz CT molecular complexity index is 787. The molecule has 4 nitrogen and oxygen atoms in total. The van der Waals surface area contributed by atoms with Crippen LogP contribution in [-0.4, -0.2) is 29.3 Å². The number of fused-ring (bicyclic) bond motifs is 1. The van der Waals surface area contributed by atoms with E-state index in [4.69, 9.17) is 0 Å². The highest BCUT2D eigenvalue weighted by Crippen LogP contribution is 2.25. The first-order valence-electron chi connectivity index (χ1n) is 8.36. The monoisotopic (exact) mass is 360 g/mol. The Morgan fingerprint density at radius 2 is 2.00 bits per heavy atom. The highest BCUT2D eigenvalue weighted by atomic mass is 32.1. The average Bonchev–Trinajstić information content (AvgIpc) is 3.06. The molecule has 25 heavy (non-hydrogen) atoms. The summed E-state index contributed by atoms with van der Waals surface area (Å²) >= 11 is 1.71. The SMILES string of the molecule is CC(C)C(NC(=O)c1ccccc1F)C(=O)N1CCc2sccc2C1. The molecule has 1 aliphatic heterocycles. The number of benzene rings is 1. The van der Waals surface area contributed by atoms with Gasteiger partial charge in [-0.15, -0.1) is 11.3 Å². The van der Waals surface area contributed by atoms with E-state index >= 15 is 0 Å². The van der Waals surface area contributed by atoms with E-state index in [1.807, 2.05) is 25.3 Å². The van der Waals surface area contributed by atoms with E-state index in [2.05, 4.69) is 5.32 Å². The largest absolute Gasteiger partial charge is 0.340 e. The molecule has 0 saturated heterocycles. The first-order valence-corrected chi connectivity index (χ1v) is 9.24. The Labute approximate surface area is 150 Å². The van der Waals surface area contributed by atoms with Crippen molar-refractivity contribution >= 4 is 23.2 Å². The summed E-state index contributed by atoms with van der Waals surface area (Å²) in [6, 6.07) is 7.17. The molecule has 0 aliphatic carbocycles. The third kappa shape index (κ3) is 3.74. The molecular formula is C19H21FN2O2S. The molecule has 2 aromatic rings. The maximum Gasteiger partial charge on any atom is 0.254 e. The predicted octanol–water partition coefficient (Wildman–Crippen LogP) is 3.23. The van der Waals surface area contributed by atoms with Gasteiger partial charge in [-0.1, -0.05) is 26.0 Å². The van der Waals surface area contributed by atoms with Gasteiger partial charge in [0, 0.05) is 18.0 Å². The molecule has 1 aromatic heterocycles. The first-order chi connectivity index (χ1) is 12.0. The van der Waals surface area contributed by atoms with Crippen LogP contribution in [0.15, 0.2) is 35.7 Å². The Balaban J connectivity index is 1.74. The van der Waals surface area contributed by atoms with Gasteiger partial charge in [0.25, 0.3) is 5.91 Å². The van der Waals surface area contributed by atoms with Crippen LogP contribution < -0.4 is 5.32 Å². The van der Waals surface area contributed by atoms with Crippen LogP contribution in [0, 0.1) is 11.7 Å². The summed E-state index contributed by atoms with van der Waals surface area (Å²) in [7, 11) is 0. The minimum atomic E-state index is -0.674. The fraction of sp³-hybridized carbons (Fsp3) is 0.368. The van der Waals surface area contributed by atoms with E-state index in [1.54, 1.807) is 22.3 Å². The lowest BCUT2D eigenvalue weighted by atomic mass is 10.00. The third-order valence-corrected chi connectivity index (χ3v) is 5.48. The van der Waals surface area contributed by atoms with Gasteiger partial charge in [-0.3, -0.25) is 9.59 Å². The Morgan fingerprint density at radius 1 is 1.24 bits per heavy atom. The van der Waals surface area contributed by atoms with Crippen LogP contribution in [0.4, 0.5) is 4.39 Å². The number of hydrogen-bond donors (Lipinski definition) is 1. The minimum absolute atomic E-state index is 0.0419. The second-order valence-corrected chi connectivity index (χ2v) is 7.55. The molecule has 1 aromatic carbocycles. The van der Waals surface area contributed by atoms with Crippen molar-refractivity contribution in [2.75, 3.05) is 6.54 Å². The predicted molar refractivity (Wildman–Crippen MR) is 95.9 cm³/mol. The van der Waals surface area contributed by atoms with Gasteiger partial charge in [-0.2, -0.15) is 0 Å². The second kappa shape index (κ2) is 7.35. The Hall–Kier alpha value is -2.21. The number of nitrogens with zero attached hydrogens (tertiary/aromatic N) is 1. The molecule has 0 fully saturated rings.